The molecule has 0 aliphatic rings. The van der Waals surface area contributed by atoms with Gasteiger partial charge in [-0.05, 0) is 41.5 Å². The van der Waals surface area contributed by atoms with Crippen LogP contribution < -0.4 is 5.32 Å². The lowest BCUT2D eigenvalue weighted by Crippen LogP contribution is -2.34. The quantitative estimate of drug-likeness (QED) is 0.793. The number of carboxylic acids is 1. The van der Waals surface area contributed by atoms with Crippen LogP contribution in [0.3, 0.4) is 0 Å². The van der Waals surface area contributed by atoms with Crippen molar-refractivity contribution in [3.8, 4) is 0 Å². The normalized spacial score (nSPS) is 12.4. The van der Waals surface area contributed by atoms with Crippen molar-refractivity contribution in [2.24, 2.45) is 0 Å². The van der Waals surface area contributed by atoms with Crippen molar-refractivity contribution in [3.63, 3.8) is 0 Å². The molecule has 0 aliphatic heterocycles. The predicted molar refractivity (Wildman–Crippen MR) is 70.0 cm³/mol. The maximum absolute atomic E-state index is 10.8. The Morgan fingerprint density at radius 2 is 2.25 bits per heavy atom. The van der Waals surface area contributed by atoms with Gasteiger partial charge in [0.2, 0.25) is 0 Å². The van der Waals surface area contributed by atoms with Gasteiger partial charge in [-0.25, -0.2) is 0 Å². The second-order valence-corrected chi connectivity index (χ2v) is 5.24. The largest absolute Gasteiger partial charge is 0.480 e. The van der Waals surface area contributed by atoms with Gasteiger partial charge < -0.3 is 10.4 Å². The molecular weight excluding hydrogens is 290 g/mol. The van der Waals surface area contributed by atoms with Crippen LogP contribution in [-0.4, -0.2) is 29.9 Å². The highest BCUT2D eigenvalue weighted by Gasteiger charge is 2.14. The van der Waals surface area contributed by atoms with Gasteiger partial charge in [-0.3, -0.25) is 4.79 Å². The zero-order valence-electron chi connectivity index (χ0n) is 8.94. The fourth-order valence-corrected chi connectivity index (χ4v) is 2.82. The molecule has 88 valence electrons. The number of rotatable bonds is 6. The Bertz CT molecular complexity index is 360. The van der Waals surface area contributed by atoms with Gasteiger partial charge in [0, 0.05) is 15.1 Å². The van der Waals surface area contributed by atoms with Crippen LogP contribution in [0.5, 0.6) is 0 Å². The summed E-state index contributed by atoms with van der Waals surface area (Å²) in [6.45, 7) is 0. The smallest absolute Gasteiger partial charge is 0.320 e. The molecule has 0 heterocycles. The van der Waals surface area contributed by atoms with Crippen molar-refractivity contribution in [1.82, 2.24) is 5.32 Å². The molecule has 0 radical (unpaired) electrons. The van der Waals surface area contributed by atoms with E-state index in [0.717, 1.165) is 15.1 Å². The highest BCUT2D eigenvalue weighted by molar-refractivity contribution is 9.10. The monoisotopic (exact) mass is 303 g/mol. The molecular formula is C11H14BrNO2S. The molecule has 3 nitrogen and oxygen atoms in total. The van der Waals surface area contributed by atoms with E-state index < -0.39 is 12.0 Å². The molecule has 0 amide bonds. The van der Waals surface area contributed by atoms with Crippen molar-refractivity contribution in [3.05, 3.63) is 28.7 Å². The Morgan fingerprint density at radius 3 is 2.81 bits per heavy atom. The van der Waals surface area contributed by atoms with Crippen LogP contribution in [0.1, 0.15) is 6.42 Å². The fraction of sp³-hybridized carbons (Fsp3) is 0.364. The van der Waals surface area contributed by atoms with E-state index in [-0.39, 0.29) is 0 Å². The van der Waals surface area contributed by atoms with Crippen molar-refractivity contribution in [2.75, 3.05) is 12.8 Å². The molecule has 0 aromatic heterocycles. The molecule has 1 aromatic rings. The van der Waals surface area contributed by atoms with Gasteiger partial charge in [0.15, 0.2) is 0 Å². The summed E-state index contributed by atoms with van der Waals surface area (Å²) < 4.78 is 1.05. The second kappa shape index (κ2) is 6.93. The van der Waals surface area contributed by atoms with Gasteiger partial charge in [-0.2, -0.15) is 0 Å². The minimum Gasteiger partial charge on any atom is -0.480 e. The number of benzene rings is 1. The summed E-state index contributed by atoms with van der Waals surface area (Å²) in [6.07, 6.45) is 0.609. The highest BCUT2D eigenvalue weighted by atomic mass is 79.9. The molecule has 1 aromatic carbocycles. The van der Waals surface area contributed by atoms with Gasteiger partial charge in [0.1, 0.15) is 6.04 Å². The first-order valence-corrected chi connectivity index (χ1v) is 6.70. The number of halogens is 1. The minimum absolute atomic E-state index is 0.463. The predicted octanol–water partition coefficient (Wildman–Crippen LogP) is 2.60. The summed E-state index contributed by atoms with van der Waals surface area (Å²) >= 11 is 5.11. The van der Waals surface area contributed by atoms with E-state index in [9.17, 15) is 4.79 Å². The van der Waals surface area contributed by atoms with Crippen LogP contribution in [0.2, 0.25) is 0 Å². The number of carboxylic acid groups (broad SMARTS) is 1. The van der Waals surface area contributed by atoms with Crippen molar-refractivity contribution < 1.29 is 9.90 Å². The van der Waals surface area contributed by atoms with Gasteiger partial charge in [0.05, 0.1) is 0 Å². The molecule has 1 atom stereocenters. The molecule has 1 unspecified atom stereocenters. The molecule has 0 saturated heterocycles. The van der Waals surface area contributed by atoms with Crippen LogP contribution in [0.15, 0.2) is 33.6 Å². The fourth-order valence-electron chi connectivity index (χ4n) is 1.24. The summed E-state index contributed by atoms with van der Waals surface area (Å²) in [5.74, 6) is -0.0179. The number of hydrogen-bond acceptors (Lipinski definition) is 3. The number of carbonyl (C=O) groups is 1. The standard InChI is InChI=1S/C11H14BrNO2S/c1-13-9(11(14)15)6-7-16-10-5-3-2-4-8(10)12/h2-5,9,13H,6-7H2,1H3,(H,14,15). The molecule has 5 heteroatoms. The molecule has 0 saturated carbocycles. The van der Waals surface area contributed by atoms with Crippen molar-refractivity contribution in [1.29, 1.82) is 0 Å². The lowest BCUT2D eigenvalue weighted by atomic mass is 10.2. The summed E-state index contributed by atoms with van der Waals surface area (Å²) in [7, 11) is 1.67. The first-order valence-electron chi connectivity index (χ1n) is 4.92. The number of likely N-dealkylation sites (N-methyl/N-ethyl adjacent to an activating group) is 1. The lowest BCUT2D eigenvalue weighted by molar-refractivity contribution is -0.139. The van der Waals surface area contributed by atoms with Gasteiger partial charge in [-0.15, -0.1) is 11.8 Å². The van der Waals surface area contributed by atoms with E-state index in [0.29, 0.717) is 6.42 Å². The van der Waals surface area contributed by atoms with Crippen molar-refractivity contribution in [2.45, 2.75) is 17.4 Å². The number of hydrogen-bond donors (Lipinski definition) is 2. The highest BCUT2D eigenvalue weighted by Crippen LogP contribution is 2.27. The molecule has 2 N–H and O–H groups in total. The zero-order valence-corrected chi connectivity index (χ0v) is 11.3. The van der Waals surface area contributed by atoms with Gasteiger partial charge in [-0.1, -0.05) is 12.1 Å². The Morgan fingerprint density at radius 1 is 1.56 bits per heavy atom. The first-order chi connectivity index (χ1) is 7.65. The summed E-state index contributed by atoms with van der Waals surface area (Å²) in [5.41, 5.74) is 0. The Labute approximate surface area is 108 Å². The molecule has 0 spiro atoms. The van der Waals surface area contributed by atoms with E-state index in [1.807, 2.05) is 24.3 Å². The third-order valence-electron chi connectivity index (χ3n) is 2.15. The molecule has 16 heavy (non-hydrogen) atoms. The minimum atomic E-state index is -0.796. The lowest BCUT2D eigenvalue weighted by Gasteiger charge is -2.10. The molecule has 0 bridgehead atoms. The Kier molecular flexibility index (Phi) is 5.87. The van der Waals surface area contributed by atoms with Crippen molar-refractivity contribution >= 4 is 33.7 Å². The topological polar surface area (TPSA) is 49.3 Å². The summed E-state index contributed by atoms with van der Waals surface area (Å²) in [6, 6.07) is 7.47. The Balaban J connectivity index is 2.41. The molecule has 1 rings (SSSR count). The van der Waals surface area contributed by atoms with E-state index in [1.165, 1.54) is 0 Å². The summed E-state index contributed by atoms with van der Waals surface area (Å²) in [4.78, 5) is 11.9. The average Bonchev–Trinajstić information content (AvgIpc) is 2.26. The maximum Gasteiger partial charge on any atom is 0.320 e. The summed E-state index contributed by atoms with van der Waals surface area (Å²) in [5, 5.41) is 11.6. The molecule has 0 fully saturated rings. The second-order valence-electron chi connectivity index (χ2n) is 3.25. The third kappa shape index (κ3) is 4.15. The zero-order chi connectivity index (χ0) is 12.0. The number of thioether (sulfide) groups is 1. The SMILES string of the molecule is CNC(CCSc1ccccc1Br)C(=O)O. The van der Waals surface area contributed by atoms with Crippen LogP contribution in [0.25, 0.3) is 0 Å². The van der Waals surface area contributed by atoms with Gasteiger partial charge >= 0.3 is 5.97 Å². The van der Waals surface area contributed by atoms with E-state index >= 15 is 0 Å². The Hall–Kier alpha value is -0.520. The van der Waals surface area contributed by atoms with E-state index in [2.05, 4.69) is 21.2 Å². The van der Waals surface area contributed by atoms with Gasteiger partial charge in [0.25, 0.3) is 0 Å². The van der Waals surface area contributed by atoms with Crippen LogP contribution in [0.4, 0.5) is 0 Å². The molecule has 0 aliphatic carbocycles. The van der Waals surface area contributed by atoms with Crippen LogP contribution >= 0.6 is 27.7 Å². The van der Waals surface area contributed by atoms with Crippen LogP contribution in [0, 0.1) is 0 Å². The van der Waals surface area contributed by atoms with Crippen LogP contribution in [-0.2, 0) is 4.79 Å². The maximum atomic E-state index is 10.8. The third-order valence-corrected chi connectivity index (χ3v) is 4.21. The number of nitrogens with one attached hydrogen (secondary N) is 1. The first kappa shape index (κ1) is 13.5. The number of aliphatic carboxylic acids is 1. The van der Waals surface area contributed by atoms with E-state index in [4.69, 9.17) is 5.11 Å². The van der Waals surface area contributed by atoms with E-state index in [1.54, 1.807) is 18.8 Å². The average molecular weight is 304 g/mol.